The Morgan fingerprint density at radius 2 is 2.00 bits per heavy atom. The van der Waals surface area contributed by atoms with Crippen LogP contribution in [0, 0.1) is 23.0 Å². The molecule has 0 radical (unpaired) electrons. The fraction of sp³-hybridized carbons (Fsp3) is 0. The highest BCUT2D eigenvalue weighted by Gasteiger charge is 2.17. The quantitative estimate of drug-likeness (QED) is 0.749. The van der Waals surface area contributed by atoms with E-state index in [0.29, 0.717) is 11.3 Å². The van der Waals surface area contributed by atoms with Gasteiger partial charge in [-0.25, -0.2) is 13.8 Å². The third-order valence-electron chi connectivity index (χ3n) is 3.02. The number of halogens is 3. The molecule has 0 aliphatic heterocycles. The van der Waals surface area contributed by atoms with Crippen LogP contribution in [0.15, 0.2) is 30.3 Å². The molecule has 0 unspecified atom stereocenters. The Labute approximate surface area is 123 Å². The summed E-state index contributed by atoms with van der Waals surface area (Å²) in [5.41, 5.74) is 6.65. The first-order chi connectivity index (χ1) is 10.0. The SMILES string of the molecule is N#Cc1ccc(-n2c(N)nc3c(F)cc(F)cc32)c(Cl)c1. The van der Waals surface area contributed by atoms with E-state index in [4.69, 9.17) is 22.6 Å². The summed E-state index contributed by atoms with van der Waals surface area (Å²) in [6, 6.07) is 8.32. The first kappa shape index (κ1) is 13.3. The molecular weight excluding hydrogens is 298 g/mol. The van der Waals surface area contributed by atoms with Crippen LogP contribution >= 0.6 is 11.6 Å². The van der Waals surface area contributed by atoms with Crippen LogP contribution in [-0.2, 0) is 0 Å². The van der Waals surface area contributed by atoms with Crippen LogP contribution in [0.25, 0.3) is 16.7 Å². The van der Waals surface area contributed by atoms with Crippen molar-refractivity contribution in [3.8, 4) is 11.8 Å². The number of fused-ring (bicyclic) bond motifs is 1. The zero-order valence-corrected chi connectivity index (χ0v) is 11.2. The second kappa shape index (κ2) is 4.72. The van der Waals surface area contributed by atoms with Crippen molar-refractivity contribution in [1.82, 2.24) is 9.55 Å². The summed E-state index contributed by atoms with van der Waals surface area (Å²) >= 11 is 6.11. The lowest BCUT2D eigenvalue weighted by molar-refractivity contribution is 0.590. The Kier molecular flexibility index (Phi) is 3.00. The zero-order valence-electron chi connectivity index (χ0n) is 10.4. The topological polar surface area (TPSA) is 67.6 Å². The molecule has 0 aliphatic carbocycles. The summed E-state index contributed by atoms with van der Waals surface area (Å²) in [5, 5.41) is 9.06. The minimum atomic E-state index is -0.805. The summed E-state index contributed by atoms with van der Waals surface area (Å²) in [7, 11) is 0. The van der Waals surface area contributed by atoms with E-state index in [0.717, 1.165) is 12.1 Å². The Bertz CT molecular complexity index is 911. The van der Waals surface area contributed by atoms with Crippen molar-refractivity contribution in [3.05, 3.63) is 52.6 Å². The Morgan fingerprint density at radius 1 is 1.24 bits per heavy atom. The van der Waals surface area contributed by atoms with Gasteiger partial charge in [0.25, 0.3) is 0 Å². The zero-order chi connectivity index (χ0) is 15.1. The van der Waals surface area contributed by atoms with Gasteiger partial charge >= 0.3 is 0 Å². The highest BCUT2D eigenvalue weighted by molar-refractivity contribution is 6.32. The number of hydrogen-bond acceptors (Lipinski definition) is 3. The van der Waals surface area contributed by atoms with E-state index in [1.165, 1.54) is 16.7 Å². The van der Waals surface area contributed by atoms with Crippen LogP contribution < -0.4 is 5.73 Å². The number of anilines is 1. The monoisotopic (exact) mass is 304 g/mol. The molecule has 0 saturated heterocycles. The van der Waals surface area contributed by atoms with Gasteiger partial charge in [-0.1, -0.05) is 11.6 Å². The summed E-state index contributed by atoms with van der Waals surface area (Å²) in [6.07, 6.45) is 0. The maximum atomic E-state index is 13.7. The van der Waals surface area contributed by atoms with Crippen LogP contribution in [0.2, 0.25) is 5.02 Å². The fourth-order valence-electron chi connectivity index (χ4n) is 2.13. The van der Waals surface area contributed by atoms with Gasteiger partial charge in [0.05, 0.1) is 27.9 Å². The predicted molar refractivity (Wildman–Crippen MR) is 75.1 cm³/mol. The van der Waals surface area contributed by atoms with E-state index in [-0.39, 0.29) is 22.0 Å². The Balaban J connectivity index is 2.35. The molecular formula is C14H7ClF2N4. The van der Waals surface area contributed by atoms with Crippen molar-refractivity contribution < 1.29 is 8.78 Å². The maximum Gasteiger partial charge on any atom is 0.206 e. The fourth-order valence-corrected chi connectivity index (χ4v) is 2.40. The lowest BCUT2D eigenvalue weighted by Crippen LogP contribution is -2.01. The molecule has 2 aromatic carbocycles. The van der Waals surface area contributed by atoms with Crippen LogP contribution in [0.1, 0.15) is 5.56 Å². The molecule has 104 valence electrons. The largest absolute Gasteiger partial charge is 0.369 e. The number of benzene rings is 2. The normalized spacial score (nSPS) is 10.8. The van der Waals surface area contributed by atoms with Crippen LogP contribution in [0.4, 0.5) is 14.7 Å². The van der Waals surface area contributed by atoms with Gasteiger partial charge in [-0.2, -0.15) is 5.26 Å². The smallest absolute Gasteiger partial charge is 0.206 e. The second-order valence-electron chi connectivity index (χ2n) is 4.34. The predicted octanol–water partition coefficient (Wildman–Crippen LogP) is 3.41. The molecule has 0 bridgehead atoms. The summed E-state index contributed by atoms with van der Waals surface area (Å²) < 4.78 is 28.5. The lowest BCUT2D eigenvalue weighted by atomic mass is 10.2. The minimum absolute atomic E-state index is 0.0268. The van der Waals surface area contributed by atoms with Crippen molar-refractivity contribution in [1.29, 1.82) is 5.26 Å². The number of rotatable bonds is 1. The van der Waals surface area contributed by atoms with Crippen molar-refractivity contribution in [2.24, 2.45) is 0 Å². The standard InChI is InChI=1S/C14H7ClF2N4/c15-9-3-7(6-18)1-2-11(9)21-12-5-8(16)4-10(17)13(12)20-14(21)19/h1-5H,(H2,19,20). The van der Waals surface area contributed by atoms with Crippen LogP contribution in [0.5, 0.6) is 0 Å². The van der Waals surface area contributed by atoms with E-state index in [1.54, 1.807) is 6.07 Å². The molecule has 21 heavy (non-hydrogen) atoms. The number of aromatic nitrogens is 2. The molecule has 3 rings (SSSR count). The Hall–Kier alpha value is -2.65. The molecule has 4 nitrogen and oxygen atoms in total. The van der Waals surface area contributed by atoms with Gasteiger partial charge in [0, 0.05) is 12.1 Å². The van der Waals surface area contributed by atoms with Gasteiger partial charge in [-0.15, -0.1) is 0 Å². The number of nitrogens with zero attached hydrogens (tertiary/aromatic N) is 3. The molecule has 0 atom stereocenters. The van der Waals surface area contributed by atoms with Crippen molar-refractivity contribution in [2.75, 3.05) is 5.73 Å². The molecule has 7 heteroatoms. The van der Waals surface area contributed by atoms with Gasteiger partial charge in [0.15, 0.2) is 5.82 Å². The molecule has 0 spiro atoms. The highest BCUT2D eigenvalue weighted by atomic mass is 35.5. The molecule has 0 saturated carbocycles. The molecule has 0 fully saturated rings. The summed E-state index contributed by atoms with van der Waals surface area (Å²) in [4.78, 5) is 3.89. The summed E-state index contributed by atoms with van der Waals surface area (Å²) in [6.45, 7) is 0. The van der Waals surface area contributed by atoms with E-state index < -0.39 is 11.6 Å². The molecule has 0 aliphatic rings. The van der Waals surface area contributed by atoms with E-state index in [2.05, 4.69) is 4.98 Å². The Morgan fingerprint density at radius 3 is 2.67 bits per heavy atom. The minimum Gasteiger partial charge on any atom is -0.369 e. The molecule has 2 N–H and O–H groups in total. The first-order valence-electron chi connectivity index (χ1n) is 5.84. The average molecular weight is 305 g/mol. The van der Waals surface area contributed by atoms with Crippen LogP contribution in [-0.4, -0.2) is 9.55 Å². The van der Waals surface area contributed by atoms with Gasteiger partial charge in [-0.3, -0.25) is 4.57 Å². The number of hydrogen-bond donors (Lipinski definition) is 1. The number of nitriles is 1. The van der Waals surface area contributed by atoms with Gasteiger partial charge in [0.2, 0.25) is 5.95 Å². The van der Waals surface area contributed by atoms with Crippen molar-refractivity contribution >= 4 is 28.6 Å². The molecule has 0 amide bonds. The van der Waals surface area contributed by atoms with E-state index in [1.807, 2.05) is 6.07 Å². The number of nitrogen functional groups attached to an aromatic ring is 1. The first-order valence-corrected chi connectivity index (χ1v) is 6.22. The van der Waals surface area contributed by atoms with Crippen LogP contribution in [0.3, 0.4) is 0 Å². The van der Waals surface area contributed by atoms with Gasteiger partial charge in [-0.05, 0) is 18.2 Å². The lowest BCUT2D eigenvalue weighted by Gasteiger charge is -2.09. The van der Waals surface area contributed by atoms with Gasteiger partial charge < -0.3 is 5.73 Å². The second-order valence-corrected chi connectivity index (χ2v) is 4.75. The number of imidazole rings is 1. The molecule has 3 aromatic rings. The third-order valence-corrected chi connectivity index (χ3v) is 3.32. The summed E-state index contributed by atoms with van der Waals surface area (Å²) in [5.74, 6) is -1.58. The van der Waals surface area contributed by atoms with Gasteiger partial charge in [0.1, 0.15) is 11.3 Å². The maximum absolute atomic E-state index is 13.7. The van der Waals surface area contributed by atoms with Crippen molar-refractivity contribution in [3.63, 3.8) is 0 Å². The number of nitrogens with two attached hydrogens (primary N) is 1. The average Bonchev–Trinajstić information content (AvgIpc) is 2.75. The van der Waals surface area contributed by atoms with E-state index >= 15 is 0 Å². The third kappa shape index (κ3) is 2.08. The van der Waals surface area contributed by atoms with Crippen molar-refractivity contribution in [2.45, 2.75) is 0 Å². The highest BCUT2D eigenvalue weighted by Crippen LogP contribution is 2.30. The molecule has 1 aromatic heterocycles. The molecule has 1 heterocycles. The van der Waals surface area contributed by atoms with E-state index in [9.17, 15) is 8.78 Å².